The molecule has 2 rings (SSSR count). The highest BCUT2D eigenvalue weighted by Crippen LogP contribution is 2.25. The zero-order valence-electron chi connectivity index (χ0n) is 14.4. The minimum absolute atomic E-state index is 0.252. The Morgan fingerprint density at radius 1 is 1.07 bits per heavy atom. The molecule has 0 unspecified atom stereocenters. The Morgan fingerprint density at radius 2 is 1.63 bits per heavy atom. The van der Waals surface area contributed by atoms with E-state index in [0.29, 0.717) is 4.31 Å². The van der Waals surface area contributed by atoms with Gasteiger partial charge in [-0.05, 0) is 36.4 Å². The molecule has 2 aromatic rings. The Bertz CT molecular complexity index is 942. The van der Waals surface area contributed by atoms with Crippen molar-refractivity contribution in [1.29, 1.82) is 0 Å². The third-order valence-corrected chi connectivity index (χ3v) is 4.58. The van der Waals surface area contributed by atoms with Crippen molar-refractivity contribution < 1.29 is 31.5 Å². The number of hydrogen-bond donors (Lipinski definition) is 1. The number of amides is 1. The summed E-state index contributed by atoms with van der Waals surface area (Å²) in [5.74, 6) is -3.62. The Kier molecular flexibility index (Phi) is 6.11. The number of methoxy groups -OCH3 is 1. The van der Waals surface area contributed by atoms with Crippen LogP contribution in [-0.4, -0.2) is 40.2 Å². The molecule has 0 radical (unpaired) electrons. The first-order valence-electron chi connectivity index (χ1n) is 7.53. The second-order valence-electron chi connectivity index (χ2n) is 5.46. The second kappa shape index (κ2) is 8.12. The van der Waals surface area contributed by atoms with Crippen molar-refractivity contribution in [3.8, 4) is 0 Å². The highest BCUT2D eigenvalue weighted by molar-refractivity contribution is 7.92. The Hall–Kier alpha value is -3.01. The van der Waals surface area contributed by atoms with Gasteiger partial charge in [-0.15, -0.1) is 0 Å². The first-order chi connectivity index (χ1) is 12.6. The van der Waals surface area contributed by atoms with Crippen LogP contribution in [-0.2, 0) is 19.6 Å². The van der Waals surface area contributed by atoms with Crippen LogP contribution in [0.15, 0.2) is 42.5 Å². The lowest BCUT2D eigenvalue weighted by molar-refractivity contribution is -0.114. The van der Waals surface area contributed by atoms with Crippen LogP contribution >= 0.6 is 0 Å². The standard InChI is InChI=1S/C17H16F2N2O5S/c1-26-17(23)11-6-8-12(9-7-11)20-15(22)10-21(27(2,24)25)16-13(18)4-3-5-14(16)19/h3-9H,10H2,1-2H3,(H,20,22). The van der Waals surface area contributed by atoms with Crippen molar-refractivity contribution in [2.45, 2.75) is 0 Å². The molecular formula is C17H16F2N2O5S. The Balaban J connectivity index is 2.21. The summed E-state index contributed by atoms with van der Waals surface area (Å²) in [5, 5.41) is 2.40. The normalized spacial score (nSPS) is 11.0. The fourth-order valence-electron chi connectivity index (χ4n) is 2.23. The number of benzene rings is 2. The number of hydrogen-bond acceptors (Lipinski definition) is 5. The molecular weight excluding hydrogens is 382 g/mol. The number of carbonyl (C=O) groups excluding carboxylic acids is 2. The molecule has 27 heavy (non-hydrogen) atoms. The van der Waals surface area contributed by atoms with E-state index in [0.717, 1.165) is 24.5 Å². The minimum atomic E-state index is -4.14. The molecule has 0 aliphatic carbocycles. The third kappa shape index (κ3) is 5.00. The maximum Gasteiger partial charge on any atom is 0.337 e. The minimum Gasteiger partial charge on any atom is -0.465 e. The summed E-state index contributed by atoms with van der Waals surface area (Å²) in [4.78, 5) is 23.6. The van der Waals surface area contributed by atoms with Crippen LogP contribution in [0.2, 0.25) is 0 Å². The first kappa shape index (κ1) is 20.3. The first-order valence-corrected chi connectivity index (χ1v) is 9.38. The number of halogens is 2. The van der Waals surface area contributed by atoms with Crippen LogP contribution in [0.3, 0.4) is 0 Å². The number of rotatable bonds is 6. The van der Waals surface area contributed by atoms with E-state index in [1.54, 1.807) is 0 Å². The zero-order valence-corrected chi connectivity index (χ0v) is 15.2. The van der Waals surface area contributed by atoms with Gasteiger partial charge in [0.25, 0.3) is 0 Å². The molecule has 0 aromatic heterocycles. The second-order valence-corrected chi connectivity index (χ2v) is 7.36. The van der Waals surface area contributed by atoms with E-state index >= 15 is 0 Å². The molecule has 0 saturated heterocycles. The quantitative estimate of drug-likeness (QED) is 0.753. The number of ether oxygens (including phenoxy) is 1. The van der Waals surface area contributed by atoms with Crippen molar-refractivity contribution in [3.63, 3.8) is 0 Å². The van der Waals surface area contributed by atoms with Gasteiger partial charge in [-0.2, -0.15) is 0 Å². The number of sulfonamides is 1. The summed E-state index contributed by atoms with van der Waals surface area (Å²) < 4.78 is 56.6. The lowest BCUT2D eigenvalue weighted by atomic mass is 10.2. The molecule has 144 valence electrons. The molecule has 7 nitrogen and oxygen atoms in total. The maximum atomic E-state index is 13.9. The van der Waals surface area contributed by atoms with Crippen LogP contribution in [0.25, 0.3) is 0 Å². The SMILES string of the molecule is COC(=O)c1ccc(NC(=O)CN(c2c(F)cccc2F)S(C)(=O)=O)cc1. The van der Waals surface area contributed by atoms with Crippen LogP contribution < -0.4 is 9.62 Å². The van der Waals surface area contributed by atoms with Crippen molar-refractivity contribution in [3.05, 3.63) is 59.7 Å². The van der Waals surface area contributed by atoms with Gasteiger partial charge < -0.3 is 10.1 Å². The molecule has 0 spiro atoms. The van der Waals surface area contributed by atoms with Gasteiger partial charge in [-0.25, -0.2) is 22.0 Å². The molecule has 10 heteroatoms. The average molecular weight is 398 g/mol. The van der Waals surface area contributed by atoms with Gasteiger partial charge in [0.1, 0.15) is 12.2 Å². The number of anilines is 2. The van der Waals surface area contributed by atoms with Gasteiger partial charge in [0, 0.05) is 5.69 Å². The number of para-hydroxylation sites is 1. The highest BCUT2D eigenvalue weighted by atomic mass is 32.2. The number of nitrogens with one attached hydrogen (secondary N) is 1. The van der Waals surface area contributed by atoms with Gasteiger partial charge in [0.05, 0.1) is 18.9 Å². The van der Waals surface area contributed by atoms with E-state index in [2.05, 4.69) is 10.1 Å². The van der Waals surface area contributed by atoms with E-state index in [1.165, 1.54) is 31.4 Å². The van der Waals surface area contributed by atoms with Gasteiger partial charge >= 0.3 is 5.97 Å². The summed E-state index contributed by atoms with van der Waals surface area (Å²) >= 11 is 0. The van der Waals surface area contributed by atoms with E-state index in [-0.39, 0.29) is 11.3 Å². The van der Waals surface area contributed by atoms with Crippen molar-refractivity contribution in [2.75, 3.05) is 29.5 Å². The predicted octanol–water partition coefficient (Wildman–Crippen LogP) is 2.16. The summed E-state index contributed by atoms with van der Waals surface area (Å²) in [7, 11) is -2.92. The van der Waals surface area contributed by atoms with Gasteiger partial charge in [0.2, 0.25) is 15.9 Å². The molecule has 0 aliphatic rings. The lowest BCUT2D eigenvalue weighted by Gasteiger charge is -2.22. The average Bonchev–Trinajstić information content (AvgIpc) is 2.59. The number of carbonyl (C=O) groups is 2. The molecule has 0 saturated carbocycles. The number of esters is 1. The summed E-state index contributed by atoms with van der Waals surface area (Å²) in [6.45, 7) is -0.838. The van der Waals surface area contributed by atoms with Crippen molar-refractivity contribution >= 4 is 33.3 Å². The van der Waals surface area contributed by atoms with Crippen LogP contribution in [0.5, 0.6) is 0 Å². The molecule has 1 amide bonds. The van der Waals surface area contributed by atoms with Gasteiger partial charge in [0.15, 0.2) is 11.6 Å². The predicted molar refractivity (Wildman–Crippen MR) is 95.0 cm³/mol. The van der Waals surface area contributed by atoms with Crippen LogP contribution in [0.4, 0.5) is 20.2 Å². The van der Waals surface area contributed by atoms with Crippen molar-refractivity contribution in [1.82, 2.24) is 0 Å². The third-order valence-electron chi connectivity index (χ3n) is 3.46. The van der Waals surface area contributed by atoms with E-state index in [1.807, 2.05) is 0 Å². The fourth-order valence-corrected chi connectivity index (χ4v) is 3.09. The number of nitrogens with zero attached hydrogens (tertiary/aromatic N) is 1. The molecule has 0 aliphatic heterocycles. The fraction of sp³-hybridized carbons (Fsp3) is 0.176. The molecule has 0 heterocycles. The van der Waals surface area contributed by atoms with E-state index in [4.69, 9.17) is 0 Å². The molecule has 0 fully saturated rings. The smallest absolute Gasteiger partial charge is 0.337 e. The molecule has 1 N–H and O–H groups in total. The van der Waals surface area contributed by atoms with E-state index in [9.17, 15) is 26.8 Å². The monoisotopic (exact) mass is 398 g/mol. The highest BCUT2D eigenvalue weighted by Gasteiger charge is 2.26. The zero-order chi connectivity index (χ0) is 20.2. The molecule has 0 bridgehead atoms. The Morgan fingerprint density at radius 3 is 2.11 bits per heavy atom. The molecule has 0 atom stereocenters. The maximum absolute atomic E-state index is 13.9. The summed E-state index contributed by atoms with van der Waals surface area (Å²) in [6.07, 6.45) is 0.733. The lowest BCUT2D eigenvalue weighted by Crippen LogP contribution is -2.38. The van der Waals surface area contributed by atoms with Crippen LogP contribution in [0.1, 0.15) is 10.4 Å². The van der Waals surface area contributed by atoms with Crippen molar-refractivity contribution in [2.24, 2.45) is 0 Å². The van der Waals surface area contributed by atoms with E-state index < -0.39 is 45.8 Å². The Labute approximate surface area is 154 Å². The topological polar surface area (TPSA) is 92.8 Å². The molecule has 2 aromatic carbocycles. The van der Waals surface area contributed by atoms with Crippen LogP contribution in [0, 0.1) is 11.6 Å². The summed E-state index contributed by atoms with van der Waals surface area (Å²) in [6, 6.07) is 8.45. The van der Waals surface area contributed by atoms with Gasteiger partial charge in [-0.1, -0.05) is 6.07 Å². The van der Waals surface area contributed by atoms with Gasteiger partial charge in [-0.3, -0.25) is 9.10 Å². The largest absolute Gasteiger partial charge is 0.465 e. The summed E-state index contributed by atoms with van der Waals surface area (Å²) in [5.41, 5.74) is -0.326.